The molecule has 0 aliphatic heterocycles. The number of hydrogen-bond acceptors (Lipinski definition) is 7. The summed E-state index contributed by atoms with van der Waals surface area (Å²) in [6.45, 7) is 5.06. The Kier molecular flexibility index (Phi) is 12.7. The maximum Gasteiger partial charge on any atom is 0.326 e. The predicted molar refractivity (Wildman–Crippen MR) is 113 cm³/mol. The lowest BCUT2D eigenvalue weighted by molar-refractivity contribution is -0.142. The van der Waals surface area contributed by atoms with Crippen LogP contribution in [0.2, 0.25) is 0 Å². The summed E-state index contributed by atoms with van der Waals surface area (Å²) >= 11 is 1.44. The number of carbonyl (C=O) groups is 5. The molecule has 11 nitrogen and oxygen atoms in total. The van der Waals surface area contributed by atoms with Crippen LogP contribution in [0.3, 0.4) is 0 Å². The Morgan fingerprint density at radius 2 is 1.40 bits per heavy atom. The number of thioether (sulfide) groups is 1. The van der Waals surface area contributed by atoms with Gasteiger partial charge in [0.15, 0.2) is 0 Å². The van der Waals surface area contributed by atoms with Crippen LogP contribution in [0, 0.1) is 5.92 Å². The van der Waals surface area contributed by atoms with Gasteiger partial charge in [-0.25, -0.2) is 4.79 Å². The summed E-state index contributed by atoms with van der Waals surface area (Å²) in [5.41, 5.74) is 10.6. The normalized spacial score (nSPS) is 14.9. The van der Waals surface area contributed by atoms with Gasteiger partial charge in [0, 0.05) is 0 Å². The Labute approximate surface area is 180 Å². The van der Waals surface area contributed by atoms with Crippen LogP contribution < -0.4 is 27.4 Å². The van der Waals surface area contributed by atoms with Gasteiger partial charge in [-0.2, -0.15) is 11.8 Å². The SMILES string of the molecule is CSCCC(NC(=O)C(CC(C)C)NC(=O)C(CC(N)=O)NC(=O)C(C)N)C(=O)O. The largest absolute Gasteiger partial charge is 0.480 e. The summed E-state index contributed by atoms with van der Waals surface area (Å²) in [5.74, 6) is -3.60. The summed E-state index contributed by atoms with van der Waals surface area (Å²) in [6, 6.07) is -4.39. The number of primary amides is 1. The van der Waals surface area contributed by atoms with E-state index in [2.05, 4.69) is 16.0 Å². The predicted octanol–water partition coefficient (Wildman–Crippen LogP) is -1.45. The highest BCUT2D eigenvalue weighted by atomic mass is 32.2. The summed E-state index contributed by atoms with van der Waals surface area (Å²) in [5, 5.41) is 16.6. The molecule has 0 aromatic carbocycles. The summed E-state index contributed by atoms with van der Waals surface area (Å²) in [6.07, 6.45) is 1.78. The summed E-state index contributed by atoms with van der Waals surface area (Å²) < 4.78 is 0. The third-order valence-electron chi connectivity index (χ3n) is 4.02. The average molecular weight is 448 g/mol. The number of carboxylic acid groups (broad SMARTS) is 1. The van der Waals surface area contributed by atoms with Crippen LogP contribution in [-0.2, 0) is 24.0 Å². The van der Waals surface area contributed by atoms with E-state index in [0.29, 0.717) is 5.75 Å². The molecule has 8 N–H and O–H groups in total. The van der Waals surface area contributed by atoms with Crippen molar-refractivity contribution in [2.75, 3.05) is 12.0 Å². The second-order valence-electron chi connectivity index (χ2n) is 7.39. The molecule has 0 saturated heterocycles. The third kappa shape index (κ3) is 11.0. The molecule has 0 fully saturated rings. The zero-order valence-corrected chi connectivity index (χ0v) is 18.6. The molecule has 12 heteroatoms. The van der Waals surface area contributed by atoms with Gasteiger partial charge < -0.3 is 32.5 Å². The quantitative estimate of drug-likeness (QED) is 0.186. The molecule has 0 spiro atoms. The van der Waals surface area contributed by atoms with E-state index in [1.165, 1.54) is 18.7 Å². The number of aliphatic carboxylic acids is 1. The Morgan fingerprint density at radius 3 is 1.83 bits per heavy atom. The molecule has 0 rings (SSSR count). The van der Waals surface area contributed by atoms with Gasteiger partial charge in [-0.05, 0) is 37.7 Å². The Hall–Kier alpha value is -2.34. The van der Waals surface area contributed by atoms with Gasteiger partial charge in [0.25, 0.3) is 0 Å². The van der Waals surface area contributed by atoms with Crippen LogP contribution in [0.4, 0.5) is 0 Å². The van der Waals surface area contributed by atoms with Gasteiger partial charge in [0.1, 0.15) is 18.1 Å². The number of nitrogens with two attached hydrogens (primary N) is 2. The molecule has 0 aromatic rings. The molecule has 172 valence electrons. The minimum absolute atomic E-state index is 0.0104. The van der Waals surface area contributed by atoms with Gasteiger partial charge >= 0.3 is 5.97 Å². The molecule has 0 saturated carbocycles. The molecule has 4 atom stereocenters. The van der Waals surface area contributed by atoms with E-state index < -0.39 is 60.2 Å². The number of amides is 4. The van der Waals surface area contributed by atoms with Gasteiger partial charge in [0.2, 0.25) is 23.6 Å². The summed E-state index contributed by atoms with van der Waals surface area (Å²) in [7, 11) is 0. The minimum atomic E-state index is -1.31. The third-order valence-corrected chi connectivity index (χ3v) is 4.66. The van der Waals surface area contributed by atoms with E-state index in [1.807, 2.05) is 20.1 Å². The smallest absolute Gasteiger partial charge is 0.326 e. The Morgan fingerprint density at radius 1 is 0.900 bits per heavy atom. The van der Waals surface area contributed by atoms with E-state index in [9.17, 15) is 29.1 Å². The topological polar surface area (TPSA) is 194 Å². The molecule has 0 aliphatic carbocycles. The first-order chi connectivity index (χ1) is 13.9. The van der Waals surface area contributed by atoms with E-state index in [0.717, 1.165) is 0 Å². The van der Waals surface area contributed by atoms with Crippen molar-refractivity contribution in [2.24, 2.45) is 17.4 Å². The average Bonchev–Trinajstić information content (AvgIpc) is 2.62. The van der Waals surface area contributed by atoms with Crippen molar-refractivity contribution in [3.8, 4) is 0 Å². The molecule has 0 radical (unpaired) electrons. The van der Waals surface area contributed by atoms with E-state index in [-0.39, 0.29) is 18.8 Å². The standard InChI is InChI=1S/C18H33N5O6S/c1-9(2)7-12(16(26)21-11(18(28)29)5-6-30-4)23-17(27)13(8-14(20)24)22-15(25)10(3)19/h9-13H,5-8,19H2,1-4H3,(H2,20,24)(H,21,26)(H,22,25)(H,23,27)(H,28,29). The monoisotopic (exact) mass is 447 g/mol. The van der Waals surface area contributed by atoms with Crippen molar-refractivity contribution < 1.29 is 29.1 Å². The maximum atomic E-state index is 12.7. The zero-order valence-electron chi connectivity index (χ0n) is 17.8. The van der Waals surface area contributed by atoms with E-state index in [4.69, 9.17) is 11.5 Å². The van der Waals surface area contributed by atoms with Crippen molar-refractivity contribution in [3.05, 3.63) is 0 Å². The molecular weight excluding hydrogens is 414 g/mol. The molecule has 0 bridgehead atoms. The second kappa shape index (κ2) is 13.8. The fraction of sp³-hybridized carbons (Fsp3) is 0.722. The lowest BCUT2D eigenvalue weighted by Gasteiger charge is -2.25. The molecule has 4 amide bonds. The first-order valence-corrected chi connectivity index (χ1v) is 10.9. The van der Waals surface area contributed by atoms with Crippen molar-refractivity contribution in [1.82, 2.24) is 16.0 Å². The highest BCUT2D eigenvalue weighted by Gasteiger charge is 2.30. The molecule has 4 unspecified atom stereocenters. The van der Waals surface area contributed by atoms with Crippen LogP contribution in [0.15, 0.2) is 0 Å². The van der Waals surface area contributed by atoms with Crippen molar-refractivity contribution in [1.29, 1.82) is 0 Å². The number of carboxylic acids is 1. The van der Waals surface area contributed by atoms with Crippen LogP contribution >= 0.6 is 11.8 Å². The number of nitrogens with one attached hydrogen (secondary N) is 3. The number of hydrogen-bond donors (Lipinski definition) is 6. The lowest BCUT2D eigenvalue weighted by atomic mass is 10.0. The lowest BCUT2D eigenvalue weighted by Crippen LogP contribution is -2.57. The van der Waals surface area contributed by atoms with E-state index >= 15 is 0 Å². The molecular formula is C18H33N5O6S. The van der Waals surface area contributed by atoms with Crippen LogP contribution in [0.5, 0.6) is 0 Å². The van der Waals surface area contributed by atoms with Crippen LogP contribution in [0.1, 0.15) is 40.0 Å². The first kappa shape index (κ1) is 27.7. The van der Waals surface area contributed by atoms with Crippen LogP contribution in [-0.4, -0.2) is 70.9 Å². The van der Waals surface area contributed by atoms with Crippen molar-refractivity contribution in [3.63, 3.8) is 0 Å². The summed E-state index contributed by atoms with van der Waals surface area (Å²) in [4.78, 5) is 59.9. The fourth-order valence-electron chi connectivity index (χ4n) is 2.45. The second-order valence-corrected chi connectivity index (χ2v) is 8.38. The van der Waals surface area contributed by atoms with Crippen LogP contribution in [0.25, 0.3) is 0 Å². The van der Waals surface area contributed by atoms with Gasteiger partial charge in [-0.3, -0.25) is 19.2 Å². The highest BCUT2D eigenvalue weighted by molar-refractivity contribution is 7.98. The molecule has 30 heavy (non-hydrogen) atoms. The minimum Gasteiger partial charge on any atom is -0.480 e. The Bertz CT molecular complexity index is 628. The molecule has 0 heterocycles. The fourth-order valence-corrected chi connectivity index (χ4v) is 2.93. The maximum absolute atomic E-state index is 12.7. The first-order valence-electron chi connectivity index (χ1n) is 9.55. The van der Waals surface area contributed by atoms with Gasteiger partial charge in [0.05, 0.1) is 12.5 Å². The molecule has 0 aromatic heterocycles. The van der Waals surface area contributed by atoms with Crippen molar-refractivity contribution >= 4 is 41.4 Å². The molecule has 0 aliphatic rings. The Balaban J connectivity index is 5.40. The van der Waals surface area contributed by atoms with Gasteiger partial charge in [-0.1, -0.05) is 13.8 Å². The zero-order chi connectivity index (χ0) is 23.4. The number of carbonyl (C=O) groups excluding carboxylic acids is 4. The van der Waals surface area contributed by atoms with E-state index in [1.54, 1.807) is 0 Å². The highest BCUT2D eigenvalue weighted by Crippen LogP contribution is 2.08. The number of rotatable bonds is 14. The van der Waals surface area contributed by atoms with Gasteiger partial charge in [-0.15, -0.1) is 0 Å². The van der Waals surface area contributed by atoms with Crippen molar-refractivity contribution in [2.45, 2.75) is 64.2 Å².